The summed E-state index contributed by atoms with van der Waals surface area (Å²) in [5, 5.41) is 1.66. The largest absolute Gasteiger partial charge is 0.206 e. The van der Waals surface area contributed by atoms with Gasteiger partial charge in [-0.05, 0) is 35.6 Å². The Morgan fingerprint density at radius 3 is 2.50 bits per heavy atom. The molecule has 1 unspecified atom stereocenters. The van der Waals surface area contributed by atoms with Crippen LogP contribution >= 0.6 is 27.3 Å². The molecule has 3 heteroatoms. The number of halogens is 2. The third kappa shape index (κ3) is 2.40. The average Bonchev–Trinajstić information content (AvgIpc) is 2.96. The highest BCUT2D eigenvalue weighted by molar-refractivity contribution is 9.09. The van der Waals surface area contributed by atoms with E-state index < -0.39 is 0 Å². The van der Waals surface area contributed by atoms with Gasteiger partial charge in [-0.25, -0.2) is 4.39 Å². The molecule has 0 nitrogen and oxygen atoms in total. The van der Waals surface area contributed by atoms with Crippen LogP contribution in [0.5, 0.6) is 0 Å². The molecular formula is C17H14BrFS. The third-order valence-electron chi connectivity index (χ3n) is 3.46. The molecule has 0 N–H and O–H groups in total. The molecule has 0 aliphatic rings. The average molecular weight is 349 g/mol. The molecule has 0 fully saturated rings. The molecule has 0 saturated heterocycles. The molecule has 1 atom stereocenters. The molecule has 0 spiro atoms. The van der Waals surface area contributed by atoms with E-state index in [1.807, 2.05) is 41.7 Å². The van der Waals surface area contributed by atoms with E-state index in [1.165, 1.54) is 9.75 Å². The van der Waals surface area contributed by atoms with Gasteiger partial charge in [-0.1, -0.05) is 53.2 Å². The van der Waals surface area contributed by atoms with E-state index in [0.717, 1.165) is 17.4 Å². The zero-order chi connectivity index (χ0) is 14.1. The van der Waals surface area contributed by atoms with Crippen LogP contribution in [-0.4, -0.2) is 0 Å². The predicted octanol–water partition coefficient (Wildman–Crippen LogP) is 6.09. The van der Waals surface area contributed by atoms with Crippen molar-refractivity contribution in [3.05, 3.63) is 69.7 Å². The first-order valence-electron chi connectivity index (χ1n) is 6.60. The van der Waals surface area contributed by atoms with Crippen molar-refractivity contribution >= 4 is 38.0 Å². The minimum Gasteiger partial charge on any atom is -0.206 e. The highest BCUT2D eigenvalue weighted by atomic mass is 79.9. The molecule has 0 amide bonds. The second-order valence-corrected chi connectivity index (χ2v) is 6.82. The number of thiophene rings is 1. The molecule has 0 aliphatic heterocycles. The van der Waals surface area contributed by atoms with Gasteiger partial charge < -0.3 is 0 Å². The van der Waals surface area contributed by atoms with Crippen LogP contribution in [0.1, 0.15) is 27.1 Å². The zero-order valence-corrected chi connectivity index (χ0v) is 13.5. The van der Waals surface area contributed by atoms with Gasteiger partial charge in [-0.15, -0.1) is 11.3 Å². The molecule has 0 bridgehead atoms. The standard InChI is InChI=1S/C17H14BrFS/c1-2-11-7-10-16(20-11)17(18)14-8-9-15(19)13-6-4-3-5-12(13)14/h3-10,17H,2H2,1H3. The number of aryl methyl sites for hydroxylation is 1. The Morgan fingerprint density at radius 2 is 1.80 bits per heavy atom. The summed E-state index contributed by atoms with van der Waals surface area (Å²) < 4.78 is 13.9. The minimum atomic E-state index is -0.163. The molecule has 1 heterocycles. The Balaban J connectivity index is 2.12. The Bertz CT molecular complexity index is 748. The van der Waals surface area contributed by atoms with Crippen molar-refractivity contribution < 1.29 is 4.39 Å². The maximum Gasteiger partial charge on any atom is 0.131 e. The van der Waals surface area contributed by atoms with Gasteiger partial charge in [0.25, 0.3) is 0 Å². The van der Waals surface area contributed by atoms with Crippen molar-refractivity contribution in [2.24, 2.45) is 0 Å². The Hall–Kier alpha value is -1.19. The lowest BCUT2D eigenvalue weighted by atomic mass is 10.0. The normalized spacial score (nSPS) is 12.8. The first-order valence-corrected chi connectivity index (χ1v) is 8.33. The fourth-order valence-electron chi connectivity index (χ4n) is 2.38. The Kier molecular flexibility index (Phi) is 3.90. The van der Waals surface area contributed by atoms with E-state index in [9.17, 15) is 4.39 Å². The van der Waals surface area contributed by atoms with Gasteiger partial charge in [0.05, 0.1) is 4.83 Å². The number of hydrogen-bond acceptors (Lipinski definition) is 1. The lowest BCUT2D eigenvalue weighted by Gasteiger charge is -2.12. The van der Waals surface area contributed by atoms with Gasteiger partial charge in [-0.2, -0.15) is 0 Å². The van der Waals surface area contributed by atoms with E-state index in [4.69, 9.17) is 0 Å². The Morgan fingerprint density at radius 1 is 1.05 bits per heavy atom. The maximum absolute atomic E-state index is 13.9. The summed E-state index contributed by atoms with van der Waals surface area (Å²) >= 11 is 5.58. The predicted molar refractivity (Wildman–Crippen MR) is 88.4 cm³/mol. The van der Waals surface area contributed by atoms with Crippen LogP contribution < -0.4 is 0 Å². The second-order valence-electron chi connectivity index (χ2n) is 4.70. The molecule has 3 rings (SSSR count). The third-order valence-corrected chi connectivity index (χ3v) is 6.04. The quantitative estimate of drug-likeness (QED) is 0.502. The van der Waals surface area contributed by atoms with Crippen molar-refractivity contribution in [3.63, 3.8) is 0 Å². The van der Waals surface area contributed by atoms with E-state index in [0.29, 0.717) is 5.39 Å². The lowest BCUT2D eigenvalue weighted by Crippen LogP contribution is -1.93. The molecule has 0 radical (unpaired) electrons. The monoisotopic (exact) mass is 348 g/mol. The van der Waals surface area contributed by atoms with Crippen LogP contribution in [0.15, 0.2) is 48.5 Å². The molecule has 102 valence electrons. The summed E-state index contributed by atoms with van der Waals surface area (Å²) in [6, 6.07) is 15.4. The fraction of sp³-hybridized carbons (Fsp3) is 0.176. The van der Waals surface area contributed by atoms with Gasteiger partial charge in [0.2, 0.25) is 0 Å². The topological polar surface area (TPSA) is 0 Å². The highest BCUT2D eigenvalue weighted by Crippen LogP contribution is 2.39. The van der Waals surface area contributed by atoms with Gasteiger partial charge in [0.15, 0.2) is 0 Å². The van der Waals surface area contributed by atoms with Crippen LogP contribution in [0.4, 0.5) is 4.39 Å². The summed E-state index contributed by atoms with van der Waals surface area (Å²) in [5.41, 5.74) is 1.12. The van der Waals surface area contributed by atoms with Crippen LogP contribution in [0.3, 0.4) is 0 Å². The summed E-state index contributed by atoms with van der Waals surface area (Å²) in [6.45, 7) is 2.16. The van der Waals surface area contributed by atoms with Gasteiger partial charge in [0.1, 0.15) is 5.82 Å². The summed E-state index contributed by atoms with van der Waals surface area (Å²) in [6.07, 6.45) is 1.05. The number of alkyl halides is 1. The smallest absolute Gasteiger partial charge is 0.131 e. The maximum atomic E-state index is 13.9. The van der Waals surface area contributed by atoms with Crippen LogP contribution in [0.2, 0.25) is 0 Å². The van der Waals surface area contributed by atoms with E-state index in [-0.39, 0.29) is 10.6 Å². The molecule has 0 aliphatic carbocycles. The molecule has 2 aromatic carbocycles. The van der Waals surface area contributed by atoms with Crippen molar-refractivity contribution in [3.8, 4) is 0 Å². The second kappa shape index (κ2) is 5.66. The number of rotatable bonds is 3. The number of benzene rings is 2. The van der Waals surface area contributed by atoms with Crippen molar-refractivity contribution in [2.45, 2.75) is 18.2 Å². The summed E-state index contributed by atoms with van der Waals surface area (Å²) in [5.74, 6) is -0.163. The molecule has 3 aromatic rings. The van der Waals surface area contributed by atoms with Gasteiger partial charge in [-0.3, -0.25) is 0 Å². The first-order chi connectivity index (χ1) is 9.70. The SMILES string of the molecule is CCc1ccc(C(Br)c2ccc(F)c3ccccc23)s1. The van der Waals surface area contributed by atoms with Crippen molar-refractivity contribution in [1.29, 1.82) is 0 Å². The van der Waals surface area contributed by atoms with E-state index >= 15 is 0 Å². The summed E-state index contributed by atoms with van der Waals surface area (Å²) in [7, 11) is 0. The van der Waals surface area contributed by atoms with E-state index in [1.54, 1.807) is 6.07 Å². The summed E-state index contributed by atoms with van der Waals surface area (Å²) in [4.78, 5) is 2.74. The van der Waals surface area contributed by atoms with Crippen molar-refractivity contribution in [1.82, 2.24) is 0 Å². The minimum absolute atomic E-state index is 0.110. The van der Waals surface area contributed by atoms with Crippen LogP contribution in [0.25, 0.3) is 10.8 Å². The van der Waals surface area contributed by atoms with Crippen LogP contribution in [-0.2, 0) is 6.42 Å². The van der Waals surface area contributed by atoms with Crippen LogP contribution in [0, 0.1) is 5.82 Å². The first kappa shape index (κ1) is 13.8. The molecular weight excluding hydrogens is 335 g/mol. The Labute approximate surface area is 130 Å². The molecule has 1 aromatic heterocycles. The molecule has 0 saturated carbocycles. The van der Waals surface area contributed by atoms with Gasteiger partial charge in [0, 0.05) is 15.1 Å². The number of hydrogen-bond donors (Lipinski definition) is 0. The lowest BCUT2D eigenvalue weighted by molar-refractivity contribution is 0.639. The van der Waals surface area contributed by atoms with E-state index in [2.05, 4.69) is 35.0 Å². The highest BCUT2D eigenvalue weighted by Gasteiger charge is 2.16. The molecule has 20 heavy (non-hydrogen) atoms. The number of fused-ring (bicyclic) bond motifs is 1. The zero-order valence-electron chi connectivity index (χ0n) is 11.1. The van der Waals surface area contributed by atoms with Gasteiger partial charge >= 0.3 is 0 Å². The van der Waals surface area contributed by atoms with Crippen molar-refractivity contribution in [2.75, 3.05) is 0 Å². The fourth-order valence-corrected chi connectivity index (χ4v) is 4.16.